The highest BCUT2D eigenvalue weighted by Gasteiger charge is 2.10. The molecule has 148 valence electrons. The number of hydrogen-bond acceptors (Lipinski definition) is 3. The molecule has 0 saturated heterocycles. The number of para-hydroxylation sites is 1. The van der Waals surface area contributed by atoms with E-state index in [1.807, 2.05) is 48.5 Å². The van der Waals surface area contributed by atoms with Gasteiger partial charge in [-0.15, -0.1) is 0 Å². The summed E-state index contributed by atoms with van der Waals surface area (Å²) in [6.45, 7) is 2.45. The quantitative estimate of drug-likeness (QED) is 0.552. The predicted octanol–water partition coefficient (Wildman–Crippen LogP) is 4.14. The van der Waals surface area contributed by atoms with E-state index in [2.05, 4.69) is 35.5 Å². The number of benzene rings is 3. The predicted molar refractivity (Wildman–Crippen MR) is 118 cm³/mol. The minimum absolute atomic E-state index is 0.190. The van der Waals surface area contributed by atoms with Gasteiger partial charge in [0.05, 0.1) is 5.69 Å². The second kappa shape index (κ2) is 8.57. The normalized spacial score (nSPS) is 10.6. The van der Waals surface area contributed by atoms with Crippen LogP contribution in [0.1, 0.15) is 21.6 Å². The van der Waals surface area contributed by atoms with Crippen molar-refractivity contribution in [3.8, 4) is 16.8 Å². The molecule has 0 unspecified atom stereocenters. The number of nitrogens with zero attached hydrogens (tertiary/aromatic N) is 2. The van der Waals surface area contributed by atoms with Crippen molar-refractivity contribution in [2.75, 3.05) is 0 Å². The van der Waals surface area contributed by atoms with E-state index in [1.54, 1.807) is 12.1 Å². The van der Waals surface area contributed by atoms with Crippen molar-refractivity contribution in [3.05, 3.63) is 118 Å². The van der Waals surface area contributed by atoms with Crippen LogP contribution in [0.4, 0.5) is 0 Å². The van der Waals surface area contributed by atoms with Gasteiger partial charge >= 0.3 is 0 Å². The molecular formula is C25H21N3O2. The fourth-order valence-electron chi connectivity index (χ4n) is 3.20. The van der Waals surface area contributed by atoms with Gasteiger partial charge in [-0.3, -0.25) is 9.59 Å². The van der Waals surface area contributed by atoms with Crippen LogP contribution >= 0.6 is 0 Å². The maximum absolute atomic E-state index is 12.5. The molecule has 0 saturated carbocycles. The number of nitrogens with one attached hydrogen (secondary N) is 1. The summed E-state index contributed by atoms with van der Waals surface area (Å²) >= 11 is 0. The van der Waals surface area contributed by atoms with Crippen molar-refractivity contribution in [2.45, 2.75) is 13.5 Å². The van der Waals surface area contributed by atoms with Crippen LogP contribution in [0.3, 0.4) is 0 Å². The zero-order valence-electron chi connectivity index (χ0n) is 16.6. The lowest BCUT2D eigenvalue weighted by Crippen LogP contribution is -2.28. The van der Waals surface area contributed by atoms with E-state index in [-0.39, 0.29) is 17.2 Å². The van der Waals surface area contributed by atoms with E-state index in [0.29, 0.717) is 12.2 Å². The van der Waals surface area contributed by atoms with Gasteiger partial charge in [-0.25, -0.2) is 0 Å². The summed E-state index contributed by atoms with van der Waals surface area (Å²) in [4.78, 5) is 24.7. The minimum Gasteiger partial charge on any atom is -0.347 e. The maximum atomic E-state index is 12.5. The molecule has 0 bridgehead atoms. The van der Waals surface area contributed by atoms with E-state index in [1.165, 1.54) is 22.4 Å². The van der Waals surface area contributed by atoms with Gasteiger partial charge in [0.25, 0.3) is 11.5 Å². The molecule has 5 nitrogen and oxygen atoms in total. The van der Waals surface area contributed by atoms with Crippen LogP contribution < -0.4 is 10.9 Å². The fraction of sp³-hybridized carbons (Fsp3) is 0.0800. The van der Waals surface area contributed by atoms with E-state index < -0.39 is 0 Å². The van der Waals surface area contributed by atoms with E-state index in [0.717, 1.165) is 16.7 Å². The smallest absolute Gasteiger partial charge is 0.272 e. The number of rotatable bonds is 5. The van der Waals surface area contributed by atoms with Crippen molar-refractivity contribution in [2.24, 2.45) is 0 Å². The van der Waals surface area contributed by atoms with Gasteiger partial charge in [0.2, 0.25) is 0 Å². The summed E-state index contributed by atoms with van der Waals surface area (Å²) in [6.07, 6.45) is 0. The average molecular weight is 395 g/mol. The molecule has 0 aliphatic heterocycles. The Morgan fingerprint density at radius 2 is 1.63 bits per heavy atom. The molecule has 3 aromatic carbocycles. The van der Waals surface area contributed by atoms with Crippen LogP contribution in [-0.4, -0.2) is 15.7 Å². The molecule has 1 N–H and O–H groups in total. The van der Waals surface area contributed by atoms with E-state index in [9.17, 15) is 9.59 Å². The molecule has 1 amide bonds. The number of carbonyl (C=O) groups excluding carboxylic acids is 1. The number of aryl methyl sites for hydroxylation is 1. The van der Waals surface area contributed by atoms with Crippen LogP contribution in [0.2, 0.25) is 0 Å². The minimum atomic E-state index is -0.331. The largest absolute Gasteiger partial charge is 0.347 e. The lowest BCUT2D eigenvalue weighted by atomic mass is 10.0. The lowest BCUT2D eigenvalue weighted by Gasteiger charge is -2.09. The molecule has 0 fully saturated rings. The van der Waals surface area contributed by atoms with Crippen LogP contribution in [0.15, 0.2) is 95.8 Å². The van der Waals surface area contributed by atoms with Gasteiger partial charge < -0.3 is 5.32 Å². The fourth-order valence-corrected chi connectivity index (χ4v) is 3.20. The molecular weight excluding hydrogens is 374 g/mol. The lowest BCUT2D eigenvalue weighted by molar-refractivity contribution is 0.0944. The molecule has 0 radical (unpaired) electrons. The Balaban J connectivity index is 1.45. The SMILES string of the molecule is Cc1cccc(-c2ccc(CNC(=O)c3ccc(=O)n(-c4ccccc4)n3)cc2)c1. The zero-order chi connectivity index (χ0) is 20.9. The number of hydrogen-bond donors (Lipinski definition) is 1. The van der Waals surface area contributed by atoms with Gasteiger partial charge in [-0.2, -0.15) is 9.78 Å². The molecule has 30 heavy (non-hydrogen) atoms. The van der Waals surface area contributed by atoms with Crippen LogP contribution in [0.25, 0.3) is 16.8 Å². The third-order valence-corrected chi connectivity index (χ3v) is 4.79. The van der Waals surface area contributed by atoms with Gasteiger partial charge in [-0.1, -0.05) is 72.3 Å². The average Bonchev–Trinajstić information content (AvgIpc) is 2.79. The molecule has 1 heterocycles. The third kappa shape index (κ3) is 4.36. The van der Waals surface area contributed by atoms with E-state index in [4.69, 9.17) is 0 Å². The molecule has 5 heteroatoms. The number of aromatic nitrogens is 2. The van der Waals surface area contributed by atoms with Gasteiger partial charge in [0.1, 0.15) is 5.69 Å². The Hall–Kier alpha value is -3.99. The first kappa shape index (κ1) is 19.3. The van der Waals surface area contributed by atoms with E-state index >= 15 is 0 Å². The topological polar surface area (TPSA) is 64.0 Å². The zero-order valence-corrected chi connectivity index (χ0v) is 16.6. The summed E-state index contributed by atoms with van der Waals surface area (Å²) in [5.74, 6) is -0.331. The third-order valence-electron chi connectivity index (χ3n) is 4.79. The molecule has 1 aromatic heterocycles. The summed E-state index contributed by atoms with van der Waals surface area (Å²) in [6, 6.07) is 28.2. The van der Waals surface area contributed by atoms with Crippen molar-refractivity contribution in [1.29, 1.82) is 0 Å². The monoisotopic (exact) mass is 395 g/mol. The first-order valence-corrected chi connectivity index (χ1v) is 9.70. The van der Waals surface area contributed by atoms with Crippen LogP contribution in [0.5, 0.6) is 0 Å². The van der Waals surface area contributed by atoms with Crippen molar-refractivity contribution in [1.82, 2.24) is 15.1 Å². The Morgan fingerprint density at radius 1 is 0.867 bits per heavy atom. The highest BCUT2D eigenvalue weighted by molar-refractivity contribution is 5.92. The highest BCUT2D eigenvalue weighted by atomic mass is 16.2. The Morgan fingerprint density at radius 3 is 2.37 bits per heavy atom. The molecule has 0 atom stereocenters. The Kier molecular flexibility index (Phi) is 5.52. The van der Waals surface area contributed by atoms with Crippen molar-refractivity contribution < 1.29 is 4.79 Å². The Bertz CT molecular complexity index is 1230. The first-order chi connectivity index (χ1) is 14.6. The van der Waals surface area contributed by atoms with Crippen molar-refractivity contribution >= 4 is 5.91 Å². The maximum Gasteiger partial charge on any atom is 0.272 e. The molecule has 0 aliphatic rings. The van der Waals surface area contributed by atoms with Gasteiger partial charge in [0.15, 0.2) is 0 Å². The molecule has 4 aromatic rings. The van der Waals surface area contributed by atoms with Crippen molar-refractivity contribution in [3.63, 3.8) is 0 Å². The summed E-state index contributed by atoms with van der Waals surface area (Å²) in [5.41, 5.74) is 5.01. The number of carbonyl (C=O) groups is 1. The first-order valence-electron chi connectivity index (χ1n) is 9.70. The summed E-state index contributed by atoms with van der Waals surface area (Å²) in [7, 11) is 0. The van der Waals surface area contributed by atoms with Gasteiger partial charge in [-0.05, 0) is 41.8 Å². The highest BCUT2D eigenvalue weighted by Crippen LogP contribution is 2.20. The molecule has 4 rings (SSSR count). The molecule has 0 spiro atoms. The second-order valence-electron chi connectivity index (χ2n) is 7.05. The molecule has 0 aliphatic carbocycles. The summed E-state index contributed by atoms with van der Waals surface area (Å²) < 4.78 is 1.23. The van der Waals surface area contributed by atoms with Crippen LogP contribution in [-0.2, 0) is 6.54 Å². The second-order valence-corrected chi connectivity index (χ2v) is 7.05. The summed E-state index contributed by atoms with van der Waals surface area (Å²) in [5, 5.41) is 7.07. The Labute approximate surface area is 174 Å². The number of amides is 1. The van der Waals surface area contributed by atoms with Crippen LogP contribution in [0, 0.1) is 6.92 Å². The standard InChI is InChI=1S/C25H21N3O2/c1-18-6-5-7-21(16-18)20-12-10-19(11-13-20)17-26-25(30)23-14-15-24(29)28(27-23)22-8-3-2-4-9-22/h2-16H,17H2,1H3,(H,26,30). The van der Waals surface area contributed by atoms with Gasteiger partial charge in [0, 0.05) is 12.6 Å².